The number of hydrogen-bond donors (Lipinski definition) is 4. The van der Waals surface area contributed by atoms with Crippen LogP contribution in [0, 0.1) is 0 Å². The number of nitrogens with zero attached hydrogens (tertiary/aromatic N) is 1. The van der Waals surface area contributed by atoms with Crippen molar-refractivity contribution in [2.45, 2.75) is 44.1 Å². The van der Waals surface area contributed by atoms with E-state index in [9.17, 15) is 22.8 Å². The van der Waals surface area contributed by atoms with Crippen molar-refractivity contribution in [2.24, 2.45) is 11.5 Å². The number of carbonyl (C=O) groups is 3. The highest BCUT2D eigenvalue weighted by atomic mass is 19.4. The molecule has 8 nitrogen and oxygen atoms in total. The van der Waals surface area contributed by atoms with Gasteiger partial charge in [0.05, 0.1) is 6.04 Å². The van der Waals surface area contributed by atoms with Gasteiger partial charge in [-0.05, 0) is 47.7 Å². The van der Waals surface area contributed by atoms with Gasteiger partial charge in [0.15, 0.2) is 0 Å². The van der Waals surface area contributed by atoms with Crippen molar-refractivity contribution in [1.82, 2.24) is 10.2 Å². The van der Waals surface area contributed by atoms with Gasteiger partial charge in [0.25, 0.3) is 0 Å². The number of carboxylic acids is 1. The van der Waals surface area contributed by atoms with Crippen molar-refractivity contribution in [2.75, 3.05) is 13.6 Å². The maximum Gasteiger partial charge on any atom is 0.490 e. The van der Waals surface area contributed by atoms with Crippen molar-refractivity contribution in [3.05, 3.63) is 83.9 Å². The summed E-state index contributed by atoms with van der Waals surface area (Å²) in [6.45, 7) is 0.857. The lowest BCUT2D eigenvalue weighted by molar-refractivity contribution is -0.192. The third-order valence-corrected chi connectivity index (χ3v) is 5.99. The molecule has 0 aliphatic rings. The number of benzene rings is 3. The molecule has 0 radical (unpaired) electrons. The molecular formula is C28H33F3N4O4. The van der Waals surface area contributed by atoms with E-state index in [2.05, 4.69) is 5.32 Å². The minimum atomic E-state index is -5.08. The highest BCUT2D eigenvalue weighted by Gasteiger charge is 2.38. The van der Waals surface area contributed by atoms with Crippen LogP contribution in [-0.2, 0) is 27.3 Å². The maximum absolute atomic E-state index is 13.2. The molecule has 0 spiro atoms. The molecule has 6 N–H and O–H groups in total. The number of carboxylic acid groups (broad SMARTS) is 1. The maximum atomic E-state index is 13.2. The van der Waals surface area contributed by atoms with Crippen LogP contribution in [0.5, 0.6) is 0 Å². The van der Waals surface area contributed by atoms with E-state index < -0.39 is 24.2 Å². The van der Waals surface area contributed by atoms with Gasteiger partial charge in [-0.1, -0.05) is 72.8 Å². The largest absolute Gasteiger partial charge is 0.490 e. The van der Waals surface area contributed by atoms with E-state index in [4.69, 9.17) is 21.4 Å². The number of halogens is 3. The Labute approximate surface area is 224 Å². The monoisotopic (exact) mass is 546 g/mol. The number of alkyl halides is 3. The quantitative estimate of drug-likeness (QED) is 0.308. The number of nitrogens with two attached hydrogens (primary N) is 2. The summed E-state index contributed by atoms with van der Waals surface area (Å²) < 4.78 is 31.7. The summed E-state index contributed by atoms with van der Waals surface area (Å²) in [6.07, 6.45) is -3.56. The van der Waals surface area contributed by atoms with Crippen LogP contribution in [0.3, 0.4) is 0 Å². The molecule has 0 saturated carbocycles. The predicted molar refractivity (Wildman–Crippen MR) is 142 cm³/mol. The standard InChI is InChI=1S/C26H32N4O2.C2HF3O2/c1-30(24(15-8-16-27)25(31)29-18-19-9-3-2-4-10-19)26(32)23(28)17-21-13-7-12-20-11-5-6-14-22(20)21;3-2(4,5)1(6)7/h2-7,9-14,23-24H,8,15-18,27-28H2,1H3,(H,29,31);(H,6,7). The van der Waals surface area contributed by atoms with Crippen LogP contribution in [0.1, 0.15) is 24.0 Å². The van der Waals surface area contributed by atoms with Crippen molar-refractivity contribution in [3.8, 4) is 0 Å². The van der Waals surface area contributed by atoms with E-state index in [0.717, 1.165) is 21.9 Å². The first kappa shape index (κ1) is 31.3. The molecule has 3 rings (SSSR count). The molecule has 0 bridgehead atoms. The van der Waals surface area contributed by atoms with Crippen LogP contribution in [0.2, 0.25) is 0 Å². The third-order valence-electron chi connectivity index (χ3n) is 5.99. The minimum Gasteiger partial charge on any atom is -0.475 e. The molecule has 2 atom stereocenters. The van der Waals surface area contributed by atoms with Crippen LogP contribution in [0.25, 0.3) is 10.8 Å². The highest BCUT2D eigenvalue weighted by molar-refractivity contribution is 5.91. The Balaban J connectivity index is 0.000000673. The number of likely N-dealkylation sites (N-methyl/N-ethyl adjacent to an activating group) is 1. The van der Waals surface area contributed by atoms with Crippen molar-refractivity contribution >= 4 is 28.6 Å². The minimum absolute atomic E-state index is 0.199. The lowest BCUT2D eigenvalue weighted by Gasteiger charge is -2.29. The predicted octanol–water partition coefficient (Wildman–Crippen LogP) is 3.23. The van der Waals surface area contributed by atoms with Crippen LogP contribution in [-0.4, -0.2) is 59.6 Å². The second kappa shape index (κ2) is 14.8. The summed E-state index contributed by atoms with van der Waals surface area (Å²) in [5.41, 5.74) is 14.0. The van der Waals surface area contributed by atoms with Gasteiger partial charge in [-0.15, -0.1) is 0 Å². The summed E-state index contributed by atoms with van der Waals surface area (Å²) in [6, 6.07) is 22.4. The molecule has 3 aromatic carbocycles. The zero-order valence-corrected chi connectivity index (χ0v) is 21.5. The van der Waals surface area contributed by atoms with Gasteiger partial charge in [0.2, 0.25) is 11.8 Å². The van der Waals surface area contributed by atoms with Gasteiger partial charge in [-0.2, -0.15) is 13.2 Å². The summed E-state index contributed by atoms with van der Waals surface area (Å²) in [5, 5.41) is 12.3. The highest BCUT2D eigenvalue weighted by Crippen LogP contribution is 2.20. The molecule has 39 heavy (non-hydrogen) atoms. The molecule has 3 aromatic rings. The van der Waals surface area contributed by atoms with Crippen LogP contribution >= 0.6 is 0 Å². The third kappa shape index (κ3) is 9.69. The van der Waals surface area contributed by atoms with Gasteiger partial charge < -0.3 is 26.8 Å². The van der Waals surface area contributed by atoms with Crippen molar-refractivity contribution in [1.29, 1.82) is 0 Å². The first-order chi connectivity index (χ1) is 18.5. The number of hydrogen-bond acceptors (Lipinski definition) is 5. The Morgan fingerprint density at radius 3 is 2.18 bits per heavy atom. The van der Waals surface area contributed by atoms with E-state index in [1.807, 2.05) is 72.8 Å². The smallest absolute Gasteiger partial charge is 0.475 e. The fourth-order valence-electron chi connectivity index (χ4n) is 3.92. The number of fused-ring (bicyclic) bond motifs is 1. The average molecular weight is 547 g/mol. The zero-order chi connectivity index (χ0) is 29.0. The second-order valence-electron chi connectivity index (χ2n) is 8.85. The van der Waals surface area contributed by atoms with Gasteiger partial charge in [0.1, 0.15) is 6.04 Å². The zero-order valence-electron chi connectivity index (χ0n) is 21.5. The molecule has 0 aliphatic carbocycles. The Hall–Kier alpha value is -3.96. The first-order valence-electron chi connectivity index (χ1n) is 12.3. The number of amides is 2. The van der Waals surface area contributed by atoms with E-state index in [0.29, 0.717) is 32.4 Å². The molecular weight excluding hydrogens is 513 g/mol. The van der Waals surface area contributed by atoms with Crippen LogP contribution in [0.4, 0.5) is 13.2 Å². The first-order valence-corrected chi connectivity index (χ1v) is 12.3. The van der Waals surface area contributed by atoms with E-state index in [-0.39, 0.29) is 11.8 Å². The van der Waals surface area contributed by atoms with Gasteiger partial charge in [0, 0.05) is 13.6 Å². The van der Waals surface area contributed by atoms with Gasteiger partial charge >= 0.3 is 12.1 Å². The Bertz CT molecular complexity index is 1230. The molecule has 0 aromatic heterocycles. The number of aliphatic carboxylic acids is 1. The van der Waals surface area contributed by atoms with Gasteiger partial charge in [-0.25, -0.2) is 4.79 Å². The number of nitrogens with one attached hydrogen (secondary N) is 1. The number of rotatable bonds is 10. The average Bonchev–Trinajstić information content (AvgIpc) is 2.92. The fourth-order valence-corrected chi connectivity index (χ4v) is 3.92. The van der Waals surface area contributed by atoms with Gasteiger partial charge in [-0.3, -0.25) is 9.59 Å². The summed E-state index contributed by atoms with van der Waals surface area (Å²) >= 11 is 0. The van der Waals surface area contributed by atoms with Crippen molar-refractivity contribution < 1.29 is 32.7 Å². The van der Waals surface area contributed by atoms with Crippen molar-refractivity contribution in [3.63, 3.8) is 0 Å². The Kier molecular flexibility index (Phi) is 11.9. The fraction of sp³-hybridized carbons (Fsp3) is 0.321. The lowest BCUT2D eigenvalue weighted by atomic mass is 9.98. The van der Waals surface area contributed by atoms with Crippen LogP contribution in [0.15, 0.2) is 72.8 Å². The normalized spacial score (nSPS) is 12.6. The summed E-state index contributed by atoms with van der Waals surface area (Å²) in [4.78, 5) is 36.5. The Morgan fingerprint density at radius 1 is 0.974 bits per heavy atom. The van der Waals surface area contributed by atoms with E-state index in [1.165, 1.54) is 4.90 Å². The molecule has 2 amide bonds. The molecule has 0 heterocycles. The van der Waals surface area contributed by atoms with E-state index >= 15 is 0 Å². The molecule has 11 heteroatoms. The Morgan fingerprint density at radius 2 is 1.56 bits per heavy atom. The molecule has 2 unspecified atom stereocenters. The summed E-state index contributed by atoms with van der Waals surface area (Å²) in [7, 11) is 1.65. The SMILES string of the molecule is CN(C(=O)C(N)Cc1cccc2ccccc12)C(CCCN)C(=O)NCc1ccccc1.O=C(O)C(F)(F)F. The topological polar surface area (TPSA) is 139 Å². The van der Waals surface area contributed by atoms with Crippen LogP contribution < -0.4 is 16.8 Å². The second-order valence-corrected chi connectivity index (χ2v) is 8.85. The molecule has 0 fully saturated rings. The molecule has 210 valence electrons. The van der Waals surface area contributed by atoms with E-state index in [1.54, 1.807) is 7.05 Å². The summed E-state index contributed by atoms with van der Waals surface area (Å²) in [5.74, 6) is -3.21. The lowest BCUT2D eigenvalue weighted by Crippen LogP contribution is -2.53. The molecule has 0 saturated heterocycles. The number of carbonyl (C=O) groups excluding carboxylic acids is 2. The molecule has 0 aliphatic heterocycles.